The van der Waals surface area contributed by atoms with E-state index in [1.54, 1.807) is 13.2 Å². The number of hydrogen-bond acceptors (Lipinski definition) is 3. The van der Waals surface area contributed by atoms with Crippen LogP contribution in [0.5, 0.6) is 5.75 Å². The Balaban J connectivity index is 2.23. The third-order valence-electron chi connectivity index (χ3n) is 2.50. The second kappa shape index (κ2) is 4.84. The van der Waals surface area contributed by atoms with E-state index in [-0.39, 0.29) is 0 Å². The number of carbonyl (C=O) groups excluding carboxylic acids is 1. The van der Waals surface area contributed by atoms with E-state index in [1.807, 2.05) is 39.1 Å². The van der Waals surface area contributed by atoms with Gasteiger partial charge in [-0.1, -0.05) is 0 Å². The van der Waals surface area contributed by atoms with E-state index in [9.17, 15) is 4.79 Å². The van der Waals surface area contributed by atoms with Crippen LogP contribution in [0.25, 0.3) is 10.9 Å². The van der Waals surface area contributed by atoms with Gasteiger partial charge in [0.05, 0.1) is 12.6 Å². The van der Waals surface area contributed by atoms with Crippen LogP contribution in [0, 0.1) is 0 Å². The minimum absolute atomic E-state index is 0.486. The molecule has 5 heteroatoms. The Kier molecular flexibility index (Phi) is 3.38. The van der Waals surface area contributed by atoms with Gasteiger partial charge in [0.1, 0.15) is 11.4 Å². The number of nitrogens with one attached hydrogen (secondary N) is 2. The topological polar surface area (TPSA) is 63.4 Å². The molecule has 0 fully saturated rings. The number of carbonyl (C=O) groups is 1. The number of benzene rings is 1. The van der Waals surface area contributed by atoms with Crippen LogP contribution in [0.2, 0.25) is 0 Å². The van der Waals surface area contributed by atoms with Crippen molar-refractivity contribution in [3.05, 3.63) is 24.4 Å². The van der Waals surface area contributed by atoms with Crippen molar-refractivity contribution in [1.29, 1.82) is 0 Å². The third kappa shape index (κ3) is 3.19. The van der Waals surface area contributed by atoms with E-state index in [2.05, 4.69) is 10.3 Å². The summed E-state index contributed by atoms with van der Waals surface area (Å²) < 4.78 is 10.5. The van der Waals surface area contributed by atoms with E-state index < -0.39 is 11.7 Å². The zero-order valence-electron chi connectivity index (χ0n) is 11.5. The second-order valence-corrected chi connectivity index (χ2v) is 5.24. The standard InChI is InChI=1S/C14H18N2O3/c1-14(2,3)19-13(17)16-9-7-11-10(5-6-15-11)12(8-9)18-4/h5-8,15H,1-4H3,(H,16,17). The predicted octanol–water partition coefficient (Wildman–Crippen LogP) is 3.52. The highest BCUT2D eigenvalue weighted by Gasteiger charge is 2.16. The van der Waals surface area contributed by atoms with Gasteiger partial charge in [0, 0.05) is 23.3 Å². The number of methoxy groups -OCH3 is 1. The Morgan fingerprint density at radius 2 is 2.05 bits per heavy atom. The lowest BCUT2D eigenvalue weighted by molar-refractivity contribution is 0.0636. The summed E-state index contributed by atoms with van der Waals surface area (Å²) in [6.07, 6.45) is 1.34. The average Bonchev–Trinajstić information content (AvgIpc) is 2.73. The minimum Gasteiger partial charge on any atom is -0.496 e. The molecule has 0 spiro atoms. The quantitative estimate of drug-likeness (QED) is 0.870. The number of fused-ring (bicyclic) bond motifs is 1. The molecule has 2 N–H and O–H groups in total. The van der Waals surface area contributed by atoms with Gasteiger partial charge in [-0.3, -0.25) is 5.32 Å². The number of rotatable bonds is 2. The Morgan fingerprint density at radius 1 is 1.32 bits per heavy atom. The number of aromatic amines is 1. The number of aromatic nitrogens is 1. The molecule has 2 aromatic rings. The summed E-state index contributed by atoms with van der Waals surface area (Å²) in [4.78, 5) is 14.8. The van der Waals surface area contributed by atoms with Crippen LogP contribution in [-0.2, 0) is 4.74 Å². The summed E-state index contributed by atoms with van der Waals surface area (Å²) in [6, 6.07) is 5.52. The molecule has 0 saturated carbocycles. The van der Waals surface area contributed by atoms with Crippen molar-refractivity contribution < 1.29 is 14.3 Å². The van der Waals surface area contributed by atoms with Crippen LogP contribution < -0.4 is 10.1 Å². The Bertz CT molecular complexity index is 596. The highest BCUT2D eigenvalue weighted by atomic mass is 16.6. The number of anilines is 1. The fraction of sp³-hybridized carbons (Fsp3) is 0.357. The normalized spacial score (nSPS) is 11.4. The first kappa shape index (κ1) is 13.3. The summed E-state index contributed by atoms with van der Waals surface area (Å²) in [5, 5.41) is 3.66. The molecule has 1 heterocycles. The molecule has 1 aromatic heterocycles. The van der Waals surface area contributed by atoms with Gasteiger partial charge < -0.3 is 14.5 Å². The lowest BCUT2D eigenvalue weighted by Gasteiger charge is -2.19. The van der Waals surface area contributed by atoms with Crippen LogP contribution in [0.4, 0.5) is 10.5 Å². The molecule has 0 atom stereocenters. The van der Waals surface area contributed by atoms with Gasteiger partial charge in [-0.15, -0.1) is 0 Å². The van der Waals surface area contributed by atoms with Gasteiger partial charge in [0.25, 0.3) is 0 Å². The van der Waals surface area contributed by atoms with Crippen LogP contribution in [0.15, 0.2) is 24.4 Å². The largest absolute Gasteiger partial charge is 0.496 e. The molecular weight excluding hydrogens is 244 g/mol. The van der Waals surface area contributed by atoms with Crippen LogP contribution >= 0.6 is 0 Å². The smallest absolute Gasteiger partial charge is 0.412 e. The minimum atomic E-state index is -0.523. The molecular formula is C14H18N2O3. The van der Waals surface area contributed by atoms with E-state index in [0.717, 1.165) is 10.9 Å². The fourth-order valence-electron chi connectivity index (χ4n) is 1.80. The monoisotopic (exact) mass is 262 g/mol. The molecule has 1 amide bonds. The molecule has 2 rings (SSSR count). The van der Waals surface area contributed by atoms with Gasteiger partial charge in [-0.25, -0.2) is 4.79 Å². The molecule has 0 radical (unpaired) electrons. The van der Waals surface area contributed by atoms with Crippen LogP contribution in [0.1, 0.15) is 20.8 Å². The number of ether oxygens (including phenoxy) is 2. The maximum Gasteiger partial charge on any atom is 0.412 e. The summed E-state index contributed by atoms with van der Waals surface area (Å²) in [7, 11) is 1.60. The fourth-order valence-corrected chi connectivity index (χ4v) is 1.80. The van der Waals surface area contributed by atoms with Crippen LogP contribution in [0.3, 0.4) is 0 Å². The summed E-state index contributed by atoms with van der Waals surface area (Å²) in [5.41, 5.74) is 0.997. The molecule has 5 nitrogen and oxygen atoms in total. The number of hydrogen-bond donors (Lipinski definition) is 2. The van der Waals surface area contributed by atoms with E-state index >= 15 is 0 Å². The molecule has 0 aliphatic carbocycles. The summed E-state index contributed by atoms with van der Waals surface area (Å²) in [5.74, 6) is 0.699. The van der Waals surface area contributed by atoms with Crippen molar-refractivity contribution in [3.63, 3.8) is 0 Å². The first-order chi connectivity index (χ1) is 8.89. The lowest BCUT2D eigenvalue weighted by Crippen LogP contribution is -2.27. The maximum absolute atomic E-state index is 11.7. The Hall–Kier alpha value is -2.17. The zero-order chi connectivity index (χ0) is 14.0. The van der Waals surface area contributed by atoms with Gasteiger partial charge in [0.15, 0.2) is 0 Å². The summed E-state index contributed by atoms with van der Waals surface area (Å²) in [6.45, 7) is 5.46. The molecule has 0 saturated heterocycles. The molecule has 1 aromatic carbocycles. The van der Waals surface area contributed by atoms with E-state index in [4.69, 9.17) is 9.47 Å². The first-order valence-corrected chi connectivity index (χ1v) is 6.04. The number of H-pyrrole nitrogens is 1. The predicted molar refractivity (Wildman–Crippen MR) is 74.7 cm³/mol. The molecule has 102 valence electrons. The second-order valence-electron chi connectivity index (χ2n) is 5.24. The van der Waals surface area contributed by atoms with Crippen molar-refractivity contribution in [2.75, 3.05) is 12.4 Å². The van der Waals surface area contributed by atoms with Crippen molar-refractivity contribution in [2.24, 2.45) is 0 Å². The van der Waals surface area contributed by atoms with Gasteiger partial charge in [-0.05, 0) is 32.9 Å². The van der Waals surface area contributed by atoms with Gasteiger partial charge >= 0.3 is 6.09 Å². The first-order valence-electron chi connectivity index (χ1n) is 6.04. The zero-order valence-corrected chi connectivity index (χ0v) is 11.5. The third-order valence-corrected chi connectivity index (χ3v) is 2.50. The maximum atomic E-state index is 11.7. The number of amides is 1. The van der Waals surface area contributed by atoms with Crippen molar-refractivity contribution in [1.82, 2.24) is 4.98 Å². The SMILES string of the molecule is COc1cc(NC(=O)OC(C)(C)C)cc2[nH]ccc12. The van der Waals surface area contributed by atoms with Gasteiger partial charge in [0.2, 0.25) is 0 Å². The van der Waals surface area contributed by atoms with E-state index in [1.165, 1.54) is 0 Å². The van der Waals surface area contributed by atoms with Crippen LogP contribution in [-0.4, -0.2) is 23.8 Å². The molecule has 0 aliphatic rings. The lowest BCUT2D eigenvalue weighted by atomic mass is 10.2. The molecule has 0 bridgehead atoms. The van der Waals surface area contributed by atoms with Crippen molar-refractivity contribution in [2.45, 2.75) is 26.4 Å². The highest BCUT2D eigenvalue weighted by molar-refractivity contribution is 5.93. The molecule has 0 aliphatic heterocycles. The Morgan fingerprint density at radius 3 is 2.68 bits per heavy atom. The molecule has 0 unspecified atom stereocenters. The van der Waals surface area contributed by atoms with Crippen molar-refractivity contribution >= 4 is 22.7 Å². The van der Waals surface area contributed by atoms with E-state index in [0.29, 0.717) is 11.4 Å². The molecule has 19 heavy (non-hydrogen) atoms. The summed E-state index contributed by atoms with van der Waals surface area (Å²) >= 11 is 0. The Labute approximate surface area is 111 Å². The average molecular weight is 262 g/mol. The van der Waals surface area contributed by atoms with Crippen molar-refractivity contribution in [3.8, 4) is 5.75 Å². The highest BCUT2D eigenvalue weighted by Crippen LogP contribution is 2.29. The van der Waals surface area contributed by atoms with Gasteiger partial charge in [-0.2, -0.15) is 0 Å².